The van der Waals surface area contributed by atoms with E-state index in [1.807, 2.05) is 64.5 Å². The molecule has 17 heteroatoms. The molecule has 4 unspecified atom stereocenters. The fraction of sp³-hybridized carbons (Fsp3) is 0.543. The molecule has 344 valence electrons. The highest BCUT2D eigenvalue weighted by molar-refractivity contribution is 7.85. The Morgan fingerprint density at radius 1 is 1.13 bits per heavy atom. The van der Waals surface area contributed by atoms with Crippen molar-refractivity contribution in [3.05, 3.63) is 64.9 Å². The van der Waals surface area contributed by atoms with E-state index < -0.39 is 17.0 Å². The number of hydrogen-bond acceptors (Lipinski definition) is 12. The Morgan fingerprint density at radius 3 is 2.44 bits per heavy atom. The number of nitrogens with one attached hydrogen (secondary N) is 2. The van der Waals surface area contributed by atoms with Crippen LogP contribution in [0.25, 0.3) is 33.4 Å². The van der Waals surface area contributed by atoms with Crippen molar-refractivity contribution in [3.63, 3.8) is 0 Å². The zero-order valence-electron chi connectivity index (χ0n) is 38.5. The van der Waals surface area contributed by atoms with Crippen LogP contribution in [0.1, 0.15) is 78.3 Å². The van der Waals surface area contributed by atoms with Crippen LogP contribution in [0.2, 0.25) is 0 Å². The van der Waals surface area contributed by atoms with Gasteiger partial charge in [-0.3, -0.25) is 24.3 Å². The molecule has 0 bridgehead atoms. The first-order valence-corrected chi connectivity index (χ1v) is 23.9. The summed E-state index contributed by atoms with van der Waals surface area (Å²) in [6, 6.07) is 5.25. The van der Waals surface area contributed by atoms with E-state index >= 15 is 0 Å². The minimum Gasteiger partial charge on any atom is -0.467 e. The number of carbonyl (C=O) groups excluding carboxylic acids is 4. The second-order valence-electron chi connectivity index (χ2n) is 16.8. The lowest BCUT2D eigenvalue weighted by Gasteiger charge is -2.33. The minimum atomic E-state index is -1.09. The first kappa shape index (κ1) is 51.0. The van der Waals surface area contributed by atoms with Crippen molar-refractivity contribution < 1.29 is 28.1 Å². The highest BCUT2D eigenvalue weighted by Crippen LogP contribution is 2.39. The summed E-state index contributed by atoms with van der Waals surface area (Å²) < 4.78 is 20.3. The maximum Gasteiger partial charge on any atom is 0.293 e. The van der Waals surface area contributed by atoms with Gasteiger partial charge in [0.2, 0.25) is 5.91 Å². The summed E-state index contributed by atoms with van der Waals surface area (Å²) in [4.78, 5) is 64.2. The van der Waals surface area contributed by atoms with Crippen LogP contribution in [-0.2, 0) is 54.3 Å². The van der Waals surface area contributed by atoms with Crippen LogP contribution in [0.15, 0.2) is 54.3 Å². The van der Waals surface area contributed by atoms with Crippen molar-refractivity contribution in [3.8, 4) is 22.5 Å². The minimum absolute atomic E-state index is 0.0684. The molecule has 4 aromatic rings. The summed E-state index contributed by atoms with van der Waals surface area (Å²) >= 11 is 1.49. The molecule has 2 amide bonds. The van der Waals surface area contributed by atoms with Crippen molar-refractivity contribution >= 4 is 57.8 Å². The molecule has 0 spiro atoms. The number of aldehydes is 1. The van der Waals surface area contributed by atoms with Crippen LogP contribution in [0.3, 0.4) is 0 Å². The van der Waals surface area contributed by atoms with Gasteiger partial charge in [0.05, 0.1) is 29.0 Å². The molecule has 5 heterocycles. The lowest BCUT2D eigenvalue weighted by atomic mass is 9.84. The molecule has 2 N–H and O–H groups in total. The Bertz CT molecular complexity index is 2140. The molecule has 2 aliphatic rings. The number of carbonyl (C=O) groups is 4. The first-order valence-electron chi connectivity index (χ1n) is 21.9. The van der Waals surface area contributed by atoms with Crippen LogP contribution in [0.5, 0.6) is 0 Å². The average Bonchev–Trinajstić information content (AvgIpc) is 4.04. The van der Waals surface area contributed by atoms with Crippen molar-refractivity contribution in [1.29, 1.82) is 0 Å². The van der Waals surface area contributed by atoms with Gasteiger partial charge in [0, 0.05) is 95.7 Å². The van der Waals surface area contributed by atoms with Gasteiger partial charge in [0.15, 0.2) is 0 Å². The molecule has 0 aliphatic carbocycles. The summed E-state index contributed by atoms with van der Waals surface area (Å²) in [7, 11) is 2.68. The maximum absolute atomic E-state index is 13.8. The molecule has 2 saturated heterocycles. The Balaban J connectivity index is 0.000000578. The van der Waals surface area contributed by atoms with Crippen molar-refractivity contribution in [2.45, 2.75) is 99.2 Å². The van der Waals surface area contributed by atoms with E-state index in [-0.39, 0.29) is 48.1 Å². The number of fused-ring (bicyclic) bond motifs is 1. The largest absolute Gasteiger partial charge is 0.467 e. The fourth-order valence-electron chi connectivity index (χ4n) is 8.13. The van der Waals surface area contributed by atoms with E-state index in [1.165, 1.54) is 23.1 Å². The van der Waals surface area contributed by atoms with Crippen molar-refractivity contribution in [2.24, 2.45) is 17.3 Å². The van der Waals surface area contributed by atoms with E-state index in [4.69, 9.17) is 9.72 Å². The van der Waals surface area contributed by atoms with Crippen LogP contribution < -0.4 is 10.7 Å². The van der Waals surface area contributed by atoms with Gasteiger partial charge in [-0.15, -0.1) is 11.3 Å². The van der Waals surface area contributed by atoms with Gasteiger partial charge < -0.3 is 19.4 Å². The maximum atomic E-state index is 13.8. The van der Waals surface area contributed by atoms with Crippen molar-refractivity contribution in [1.82, 2.24) is 44.5 Å². The van der Waals surface area contributed by atoms with Crippen LogP contribution in [-0.4, -0.2) is 121 Å². The Labute approximate surface area is 379 Å². The number of hydrazine groups is 1. The lowest BCUT2D eigenvalue weighted by Crippen LogP contribution is -2.58. The molecule has 0 radical (unpaired) electrons. The molecule has 2 fully saturated rings. The van der Waals surface area contributed by atoms with Gasteiger partial charge >= 0.3 is 0 Å². The number of rotatable bonds is 18. The molecule has 63 heavy (non-hydrogen) atoms. The molecule has 2 aliphatic heterocycles. The number of aryl methyl sites for hydroxylation is 1. The Morgan fingerprint density at radius 2 is 1.86 bits per heavy atom. The Hall–Kier alpha value is -4.68. The van der Waals surface area contributed by atoms with E-state index in [2.05, 4.69) is 70.8 Å². The molecule has 3 aromatic heterocycles. The van der Waals surface area contributed by atoms with Gasteiger partial charge in [-0.25, -0.2) is 28.9 Å². The fourth-order valence-corrected chi connectivity index (χ4v) is 9.82. The number of amides is 2. The second-order valence-corrected chi connectivity index (χ2v) is 19.2. The van der Waals surface area contributed by atoms with Crippen LogP contribution in [0.4, 0.5) is 0 Å². The van der Waals surface area contributed by atoms with Gasteiger partial charge in [0.1, 0.15) is 29.6 Å². The van der Waals surface area contributed by atoms with Gasteiger partial charge in [0.25, 0.3) is 12.4 Å². The number of thiazole rings is 1. The van der Waals surface area contributed by atoms with Gasteiger partial charge in [-0.2, -0.15) is 0 Å². The van der Waals surface area contributed by atoms with E-state index in [9.17, 15) is 23.4 Å². The van der Waals surface area contributed by atoms with Gasteiger partial charge in [-0.05, 0) is 70.3 Å². The molecule has 4 atom stereocenters. The molecule has 0 saturated carbocycles. The summed E-state index contributed by atoms with van der Waals surface area (Å²) in [5.41, 5.74) is 8.78. The summed E-state index contributed by atoms with van der Waals surface area (Å²) in [5, 5.41) is 9.99. The summed E-state index contributed by atoms with van der Waals surface area (Å²) in [6.07, 6.45) is 9.80. The summed E-state index contributed by atoms with van der Waals surface area (Å²) in [5.74, 6) is -0.182. The SMILES string of the molecule is C=CS(=O)N1CCC(C=O)C1.CC.CCn1c(-c2cncnc2)c(CC(C)(C)COC=O)c2cc(-c3csc(CC(NC(=O)C(C(C)C)N(C)C)C(=O)N4CCCCN4)n3)ccc21. The number of aromatic nitrogens is 4. The average molecular weight is 906 g/mol. The molecular formula is C46H67N9O6S2. The zero-order valence-corrected chi connectivity index (χ0v) is 40.1. The monoisotopic (exact) mass is 905 g/mol. The topological polar surface area (TPSA) is 172 Å². The van der Waals surface area contributed by atoms with E-state index in [1.54, 1.807) is 9.31 Å². The Kier molecular flexibility index (Phi) is 19.7. The van der Waals surface area contributed by atoms with Crippen molar-refractivity contribution in [2.75, 3.05) is 46.9 Å². The molecular weight excluding hydrogens is 839 g/mol. The number of ether oxygens (including phenoxy) is 1. The molecule has 6 rings (SSSR count). The standard InChI is InChI=1S/C37H50N8O4S.C7H11NO2S.C2H6/c1-8-44-31-12-11-25(15-27(31)28(17-37(4,5)21-49-23-46)34(44)26-18-38-22-39-19-26)30-20-50-32(41-30)16-29(36(48)45-14-10-9-13-40-45)42-35(47)33(24(2)3)43(6)7;1-2-11(10)8-4-3-7(5-8)6-9;1-2/h11-12,15,18-20,22-24,29,33,40H,8-10,13-14,16-17,21H2,1-7H3,(H,42,47);2,6-7H,1,3-5H2;1-2H3. The smallest absolute Gasteiger partial charge is 0.293 e. The third kappa shape index (κ3) is 13.4. The molecule has 1 aromatic carbocycles. The van der Waals surface area contributed by atoms with E-state index in [0.29, 0.717) is 26.0 Å². The number of benzene rings is 1. The third-order valence-corrected chi connectivity index (χ3v) is 13.0. The number of hydrogen-bond donors (Lipinski definition) is 2. The normalized spacial score (nSPS) is 16.9. The van der Waals surface area contributed by atoms with E-state index in [0.717, 1.165) is 89.2 Å². The quantitative estimate of drug-likeness (QED) is 0.111. The summed E-state index contributed by atoms with van der Waals surface area (Å²) in [6.45, 7) is 21.9. The second kappa shape index (κ2) is 24.4. The lowest BCUT2D eigenvalue weighted by molar-refractivity contribution is -0.141. The predicted molar refractivity (Wildman–Crippen MR) is 252 cm³/mol. The first-order chi connectivity index (χ1) is 30.2. The van der Waals surface area contributed by atoms with Gasteiger partial charge in [-0.1, -0.05) is 54.2 Å². The van der Waals surface area contributed by atoms with Crippen LogP contribution in [0, 0.1) is 17.3 Å². The number of likely N-dealkylation sites (N-methyl/N-ethyl adjacent to an activating group) is 1. The number of nitrogens with zero attached hydrogens (tertiary/aromatic N) is 7. The highest BCUT2D eigenvalue weighted by Gasteiger charge is 2.33. The zero-order chi connectivity index (χ0) is 46.3. The van der Waals surface area contributed by atoms with Crippen LogP contribution >= 0.6 is 11.3 Å². The molecule has 15 nitrogen and oxygen atoms in total. The third-order valence-electron chi connectivity index (χ3n) is 11.0. The predicted octanol–water partition coefficient (Wildman–Crippen LogP) is 6.06. The highest BCUT2D eigenvalue weighted by atomic mass is 32.2.